The van der Waals surface area contributed by atoms with Crippen LogP contribution in [0.3, 0.4) is 0 Å². The zero-order chi connectivity index (χ0) is 18.1. The van der Waals surface area contributed by atoms with Gasteiger partial charge in [-0.15, -0.1) is 0 Å². The summed E-state index contributed by atoms with van der Waals surface area (Å²) in [5, 5.41) is 15.8. The number of aromatic nitrogens is 2. The van der Waals surface area contributed by atoms with E-state index in [1.807, 2.05) is 12.1 Å². The summed E-state index contributed by atoms with van der Waals surface area (Å²) in [5.41, 5.74) is 3.26. The van der Waals surface area contributed by atoms with Gasteiger partial charge in [-0.25, -0.2) is 0 Å². The first-order chi connectivity index (χ1) is 12.7. The first-order valence-electron chi connectivity index (χ1n) is 9.33. The van der Waals surface area contributed by atoms with Crippen LogP contribution in [0.2, 0.25) is 0 Å². The maximum Gasteiger partial charge on any atom is 0.237 e. The van der Waals surface area contributed by atoms with Crippen LogP contribution in [0.15, 0.2) is 24.5 Å². The van der Waals surface area contributed by atoms with E-state index in [-0.39, 0.29) is 11.9 Å². The first-order valence-corrected chi connectivity index (χ1v) is 9.33. The van der Waals surface area contributed by atoms with E-state index in [9.17, 15) is 10.1 Å². The van der Waals surface area contributed by atoms with Crippen molar-refractivity contribution in [2.75, 3.05) is 6.54 Å². The Kier molecular flexibility index (Phi) is 4.56. The van der Waals surface area contributed by atoms with Crippen LogP contribution in [0.25, 0.3) is 11.0 Å². The minimum atomic E-state index is -0.0662. The normalized spacial score (nSPS) is 28.7. The monoisotopic (exact) mass is 349 g/mol. The average Bonchev–Trinajstić information content (AvgIpc) is 3.05. The van der Waals surface area contributed by atoms with Gasteiger partial charge in [0.15, 0.2) is 0 Å². The van der Waals surface area contributed by atoms with Crippen molar-refractivity contribution in [1.29, 1.82) is 5.26 Å². The van der Waals surface area contributed by atoms with Gasteiger partial charge in [0.2, 0.25) is 5.91 Å². The molecular formula is C20H23N5O. The highest BCUT2D eigenvalue weighted by atomic mass is 16.2. The van der Waals surface area contributed by atoms with E-state index in [0.29, 0.717) is 29.0 Å². The predicted octanol–water partition coefficient (Wildman–Crippen LogP) is 2.25. The number of amides is 1. The van der Waals surface area contributed by atoms with Crippen LogP contribution < -0.4 is 10.6 Å². The molecule has 4 rings (SSSR count). The van der Waals surface area contributed by atoms with Gasteiger partial charge in [-0.05, 0) is 49.1 Å². The molecule has 1 aliphatic heterocycles. The van der Waals surface area contributed by atoms with Gasteiger partial charge in [0.25, 0.3) is 0 Å². The number of nitrogens with one attached hydrogen (secondary N) is 2. The maximum atomic E-state index is 11.9. The van der Waals surface area contributed by atoms with Gasteiger partial charge in [-0.3, -0.25) is 14.8 Å². The summed E-state index contributed by atoms with van der Waals surface area (Å²) in [7, 11) is 0. The summed E-state index contributed by atoms with van der Waals surface area (Å²) in [6.45, 7) is 3.03. The van der Waals surface area contributed by atoms with Gasteiger partial charge in [0.05, 0.1) is 17.1 Å². The van der Waals surface area contributed by atoms with E-state index in [4.69, 9.17) is 0 Å². The van der Waals surface area contributed by atoms with Crippen LogP contribution in [-0.2, 0) is 4.79 Å². The molecule has 2 N–H and O–H groups in total. The smallest absolute Gasteiger partial charge is 0.237 e. The van der Waals surface area contributed by atoms with Crippen molar-refractivity contribution in [2.45, 2.75) is 50.6 Å². The molecule has 0 radical (unpaired) electrons. The topological polar surface area (TPSA) is 90.7 Å². The molecule has 6 heteroatoms. The molecule has 1 aromatic carbocycles. The van der Waals surface area contributed by atoms with E-state index >= 15 is 0 Å². The van der Waals surface area contributed by atoms with Gasteiger partial charge in [-0.1, -0.05) is 13.0 Å². The van der Waals surface area contributed by atoms with Gasteiger partial charge in [0.1, 0.15) is 11.6 Å². The maximum absolute atomic E-state index is 11.9. The summed E-state index contributed by atoms with van der Waals surface area (Å²) >= 11 is 0. The summed E-state index contributed by atoms with van der Waals surface area (Å²) in [5.74, 6) is 1.04. The Morgan fingerprint density at radius 2 is 2.00 bits per heavy atom. The van der Waals surface area contributed by atoms with Crippen molar-refractivity contribution in [3.63, 3.8) is 0 Å². The molecule has 2 fully saturated rings. The van der Waals surface area contributed by atoms with Crippen LogP contribution in [0.5, 0.6) is 0 Å². The first kappa shape index (κ1) is 16.9. The molecule has 1 saturated heterocycles. The molecule has 0 spiro atoms. The van der Waals surface area contributed by atoms with E-state index < -0.39 is 0 Å². The molecule has 134 valence electrons. The largest absolute Gasteiger partial charge is 0.355 e. The molecule has 2 aromatic rings. The second-order valence-electron chi connectivity index (χ2n) is 7.57. The summed E-state index contributed by atoms with van der Waals surface area (Å²) < 4.78 is 0. The molecule has 2 aliphatic rings. The molecule has 4 atom stereocenters. The SMILES string of the molecule is C[C@@H]1CC(c2ccc(C#N)c3nccnc23)C[C@H](NC2CCNC2=O)C1. The van der Waals surface area contributed by atoms with Crippen molar-refractivity contribution in [1.82, 2.24) is 20.6 Å². The number of hydrogen-bond acceptors (Lipinski definition) is 5. The Bertz CT molecular complexity index is 874. The Morgan fingerprint density at radius 1 is 1.19 bits per heavy atom. The van der Waals surface area contributed by atoms with Crippen molar-refractivity contribution in [3.8, 4) is 6.07 Å². The standard InChI is InChI=1S/C20H23N5O/c1-12-8-14(10-15(9-12)25-17-4-5-24-20(17)26)16-3-2-13(11-21)18-19(16)23-7-6-22-18/h2-3,6-7,12,14-15,17,25H,4-5,8-10H2,1H3,(H,24,26)/t12-,14?,15-,17?/m1/s1. The molecule has 1 aliphatic carbocycles. The summed E-state index contributed by atoms with van der Waals surface area (Å²) in [6.07, 6.45) is 7.34. The van der Waals surface area contributed by atoms with Gasteiger partial charge >= 0.3 is 0 Å². The highest BCUT2D eigenvalue weighted by Crippen LogP contribution is 2.39. The summed E-state index contributed by atoms with van der Waals surface area (Å²) in [6, 6.07) is 6.36. The minimum Gasteiger partial charge on any atom is -0.355 e. The Morgan fingerprint density at radius 3 is 2.73 bits per heavy atom. The molecule has 1 aromatic heterocycles. The Hall–Kier alpha value is -2.52. The van der Waals surface area contributed by atoms with Crippen LogP contribution >= 0.6 is 0 Å². The number of nitriles is 1. The minimum absolute atomic E-state index is 0.0662. The van der Waals surface area contributed by atoms with Crippen LogP contribution in [-0.4, -0.2) is 34.5 Å². The number of carbonyl (C=O) groups is 1. The quantitative estimate of drug-likeness (QED) is 0.887. The van der Waals surface area contributed by atoms with Crippen molar-refractivity contribution >= 4 is 16.9 Å². The molecule has 2 unspecified atom stereocenters. The number of nitrogens with zero attached hydrogens (tertiary/aromatic N) is 3. The Balaban J connectivity index is 1.62. The van der Waals surface area contributed by atoms with E-state index in [2.05, 4.69) is 33.6 Å². The van der Waals surface area contributed by atoms with Crippen molar-refractivity contribution < 1.29 is 4.79 Å². The third-order valence-corrected chi connectivity index (χ3v) is 5.65. The van der Waals surface area contributed by atoms with Crippen LogP contribution in [0, 0.1) is 17.2 Å². The highest BCUT2D eigenvalue weighted by molar-refractivity contribution is 5.84. The van der Waals surface area contributed by atoms with Gasteiger partial charge in [0, 0.05) is 25.0 Å². The second kappa shape index (κ2) is 7.00. The number of carbonyl (C=O) groups excluding carboxylic acids is 1. The number of hydrogen-bond donors (Lipinski definition) is 2. The zero-order valence-corrected chi connectivity index (χ0v) is 14.9. The molecule has 6 nitrogen and oxygen atoms in total. The second-order valence-corrected chi connectivity index (χ2v) is 7.57. The third-order valence-electron chi connectivity index (χ3n) is 5.65. The number of rotatable bonds is 3. The molecule has 2 heterocycles. The van der Waals surface area contributed by atoms with E-state index in [0.717, 1.165) is 37.7 Å². The van der Waals surface area contributed by atoms with Crippen LogP contribution in [0.1, 0.15) is 49.7 Å². The Labute approximate surface area is 153 Å². The molecule has 1 saturated carbocycles. The molecule has 1 amide bonds. The van der Waals surface area contributed by atoms with Gasteiger partial charge in [-0.2, -0.15) is 5.26 Å². The molecule has 0 bridgehead atoms. The van der Waals surface area contributed by atoms with Gasteiger partial charge < -0.3 is 10.6 Å². The lowest BCUT2D eigenvalue weighted by Crippen LogP contribution is -2.45. The number of benzene rings is 1. The van der Waals surface area contributed by atoms with Crippen molar-refractivity contribution in [3.05, 3.63) is 35.7 Å². The van der Waals surface area contributed by atoms with Crippen molar-refractivity contribution in [2.24, 2.45) is 5.92 Å². The average molecular weight is 349 g/mol. The predicted molar refractivity (Wildman–Crippen MR) is 98.3 cm³/mol. The lowest BCUT2D eigenvalue weighted by atomic mass is 9.75. The molecular weight excluding hydrogens is 326 g/mol. The lowest BCUT2D eigenvalue weighted by Gasteiger charge is -2.35. The highest BCUT2D eigenvalue weighted by Gasteiger charge is 2.33. The fourth-order valence-corrected chi connectivity index (χ4v) is 4.53. The van der Waals surface area contributed by atoms with Crippen LogP contribution in [0.4, 0.5) is 0 Å². The van der Waals surface area contributed by atoms with E-state index in [1.54, 1.807) is 12.4 Å². The fraction of sp³-hybridized carbons (Fsp3) is 0.500. The van der Waals surface area contributed by atoms with E-state index in [1.165, 1.54) is 5.56 Å². The lowest BCUT2D eigenvalue weighted by molar-refractivity contribution is -0.121. The summed E-state index contributed by atoms with van der Waals surface area (Å²) in [4.78, 5) is 20.8. The zero-order valence-electron chi connectivity index (χ0n) is 14.9. The fourth-order valence-electron chi connectivity index (χ4n) is 4.53. The number of fused-ring (bicyclic) bond motifs is 1. The molecule has 26 heavy (non-hydrogen) atoms. The third kappa shape index (κ3) is 3.15.